The minimum Gasteiger partial charge on any atom is -0.0838 e. The Balaban J connectivity index is 1.96. The zero-order valence-corrected chi connectivity index (χ0v) is 13.7. The van der Waals surface area contributed by atoms with Gasteiger partial charge in [-0.25, -0.2) is 0 Å². The molecular weight excluding hydrogens is 320 g/mol. The van der Waals surface area contributed by atoms with Crippen molar-refractivity contribution in [2.24, 2.45) is 0 Å². The summed E-state index contributed by atoms with van der Waals surface area (Å²) in [5, 5.41) is 0.899. The van der Waals surface area contributed by atoms with E-state index in [2.05, 4.69) is 66.2 Å². The lowest BCUT2D eigenvalue weighted by Gasteiger charge is -2.08. The van der Waals surface area contributed by atoms with Crippen molar-refractivity contribution in [3.05, 3.63) is 68.1 Å². The molecule has 2 heteroatoms. The number of benzene rings is 2. The predicted molar refractivity (Wildman–Crippen MR) is 87.1 cm³/mol. The van der Waals surface area contributed by atoms with Crippen LogP contribution in [0.25, 0.3) is 0 Å². The lowest BCUT2D eigenvalue weighted by molar-refractivity contribution is 0.819. The highest BCUT2D eigenvalue weighted by atomic mass is 79.9. The highest BCUT2D eigenvalue weighted by Crippen LogP contribution is 2.23. The molecule has 100 valence electrons. The van der Waals surface area contributed by atoms with E-state index in [1.54, 1.807) is 0 Å². The fourth-order valence-corrected chi connectivity index (χ4v) is 2.92. The molecule has 0 saturated carbocycles. The second-order valence-corrected chi connectivity index (χ2v) is 6.32. The van der Waals surface area contributed by atoms with Crippen molar-refractivity contribution in [2.75, 3.05) is 0 Å². The van der Waals surface area contributed by atoms with E-state index < -0.39 is 0 Å². The Labute approximate surface area is 128 Å². The van der Waals surface area contributed by atoms with E-state index in [1.165, 1.54) is 22.3 Å². The molecule has 0 amide bonds. The van der Waals surface area contributed by atoms with Crippen LogP contribution in [0.2, 0.25) is 5.02 Å². The largest absolute Gasteiger partial charge is 0.0838 e. The van der Waals surface area contributed by atoms with Gasteiger partial charge in [0.25, 0.3) is 0 Å². The zero-order valence-electron chi connectivity index (χ0n) is 11.3. The molecule has 0 radical (unpaired) electrons. The fourth-order valence-electron chi connectivity index (χ4n) is 2.37. The van der Waals surface area contributed by atoms with Crippen molar-refractivity contribution in [2.45, 2.75) is 33.1 Å². The van der Waals surface area contributed by atoms with Crippen LogP contribution >= 0.6 is 27.5 Å². The van der Waals surface area contributed by atoms with Crippen LogP contribution in [0.3, 0.4) is 0 Å². The minimum absolute atomic E-state index is 0.899. The summed E-state index contributed by atoms with van der Waals surface area (Å²) in [6, 6.07) is 12.9. The average Bonchev–Trinajstić information content (AvgIpc) is 2.36. The third-order valence-electron chi connectivity index (χ3n) is 3.32. The van der Waals surface area contributed by atoms with Gasteiger partial charge in [-0.2, -0.15) is 0 Å². The minimum atomic E-state index is 0.899. The van der Waals surface area contributed by atoms with Gasteiger partial charge in [-0.3, -0.25) is 0 Å². The first kappa shape index (κ1) is 14.6. The highest BCUT2D eigenvalue weighted by Gasteiger charge is 2.03. The van der Waals surface area contributed by atoms with E-state index in [-0.39, 0.29) is 0 Å². The smallest absolute Gasteiger partial charge is 0.0464 e. The Bertz CT molecular complexity index is 552. The van der Waals surface area contributed by atoms with Gasteiger partial charge >= 0.3 is 0 Å². The Morgan fingerprint density at radius 1 is 0.947 bits per heavy atom. The van der Waals surface area contributed by atoms with Gasteiger partial charge in [-0.05, 0) is 67.5 Å². The second-order valence-electron chi connectivity index (χ2n) is 5.03. The molecule has 0 aliphatic carbocycles. The van der Waals surface area contributed by atoms with Crippen LogP contribution < -0.4 is 0 Å². The molecule has 0 aliphatic rings. The highest BCUT2D eigenvalue weighted by molar-refractivity contribution is 9.10. The van der Waals surface area contributed by atoms with Crippen molar-refractivity contribution in [3.63, 3.8) is 0 Å². The molecule has 0 aromatic heterocycles. The van der Waals surface area contributed by atoms with Gasteiger partial charge in [0, 0.05) is 9.50 Å². The molecule has 0 N–H and O–H groups in total. The summed E-state index contributed by atoms with van der Waals surface area (Å²) in [5.74, 6) is 0. The van der Waals surface area contributed by atoms with Crippen LogP contribution in [-0.4, -0.2) is 0 Å². The van der Waals surface area contributed by atoms with Crippen molar-refractivity contribution >= 4 is 27.5 Å². The van der Waals surface area contributed by atoms with Crippen molar-refractivity contribution in [3.8, 4) is 0 Å². The quantitative estimate of drug-likeness (QED) is 0.652. The van der Waals surface area contributed by atoms with Crippen LogP contribution in [0.1, 0.15) is 28.7 Å². The molecule has 19 heavy (non-hydrogen) atoms. The molecule has 2 aromatic carbocycles. The molecular formula is C17H18BrCl. The standard InChI is InChI=1S/C17H18BrCl/c1-12-9-15(10-13(2)17(12)19)7-3-5-14-6-4-8-16(18)11-14/h4,6,8-11H,3,5,7H2,1-2H3. The van der Waals surface area contributed by atoms with Gasteiger partial charge in [-0.1, -0.05) is 51.8 Å². The molecule has 0 aliphatic heterocycles. The van der Waals surface area contributed by atoms with Gasteiger partial charge in [0.15, 0.2) is 0 Å². The van der Waals surface area contributed by atoms with E-state index >= 15 is 0 Å². The summed E-state index contributed by atoms with van der Waals surface area (Å²) >= 11 is 9.70. The Hall–Kier alpha value is -0.790. The number of hydrogen-bond acceptors (Lipinski definition) is 0. The SMILES string of the molecule is Cc1cc(CCCc2cccc(Br)c2)cc(C)c1Cl. The van der Waals surface area contributed by atoms with Crippen LogP contribution in [0, 0.1) is 13.8 Å². The Kier molecular flexibility index (Phi) is 5.06. The van der Waals surface area contributed by atoms with E-state index in [0.717, 1.165) is 28.8 Å². The summed E-state index contributed by atoms with van der Waals surface area (Å²) in [7, 11) is 0. The molecule has 0 heterocycles. The maximum atomic E-state index is 6.19. The molecule has 2 aromatic rings. The first-order valence-corrected chi connectivity index (χ1v) is 7.73. The number of hydrogen-bond donors (Lipinski definition) is 0. The summed E-state index contributed by atoms with van der Waals surface area (Å²) in [6.07, 6.45) is 3.38. The molecule has 2 rings (SSSR count). The maximum Gasteiger partial charge on any atom is 0.0464 e. The molecule has 0 nitrogen and oxygen atoms in total. The summed E-state index contributed by atoms with van der Waals surface area (Å²) in [4.78, 5) is 0. The van der Waals surface area contributed by atoms with Gasteiger partial charge < -0.3 is 0 Å². The topological polar surface area (TPSA) is 0 Å². The summed E-state index contributed by atoms with van der Waals surface area (Å²) in [5.41, 5.74) is 5.13. The predicted octanol–water partition coefficient (Wildman–Crippen LogP) is 5.89. The molecule has 0 saturated heterocycles. The van der Waals surface area contributed by atoms with Gasteiger partial charge in [-0.15, -0.1) is 0 Å². The second kappa shape index (κ2) is 6.58. The molecule has 0 fully saturated rings. The molecule has 0 bridgehead atoms. The molecule has 0 atom stereocenters. The van der Waals surface area contributed by atoms with Crippen LogP contribution in [0.15, 0.2) is 40.9 Å². The van der Waals surface area contributed by atoms with Crippen LogP contribution in [-0.2, 0) is 12.8 Å². The van der Waals surface area contributed by atoms with Crippen molar-refractivity contribution in [1.29, 1.82) is 0 Å². The fraction of sp³-hybridized carbons (Fsp3) is 0.294. The van der Waals surface area contributed by atoms with E-state index in [4.69, 9.17) is 11.6 Å². The molecule has 0 unspecified atom stereocenters. The summed E-state index contributed by atoms with van der Waals surface area (Å²) < 4.78 is 1.16. The lowest BCUT2D eigenvalue weighted by atomic mass is 10.0. The monoisotopic (exact) mass is 336 g/mol. The summed E-state index contributed by atoms with van der Waals surface area (Å²) in [6.45, 7) is 4.15. The van der Waals surface area contributed by atoms with Crippen LogP contribution in [0.4, 0.5) is 0 Å². The van der Waals surface area contributed by atoms with Crippen molar-refractivity contribution < 1.29 is 0 Å². The van der Waals surface area contributed by atoms with Crippen molar-refractivity contribution in [1.82, 2.24) is 0 Å². The van der Waals surface area contributed by atoms with E-state index in [1.807, 2.05) is 0 Å². The third-order valence-corrected chi connectivity index (χ3v) is 4.41. The van der Waals surface area contributed by atoms with Gasteiger partial charge in [0.1, 0.15) is 0 Å². The number of halogens is 2. The van der Waals surface area contributed by atoms with E-state index in [9.17, 15) is 0 Å². The first-order chi connectivity index (χ1) is 9.06. The van der Waals surface area contributed by atoms with Gasteiger partial charge in [0.05, 0.1) is 0 Å². The normalized spacial score (nSPS) is 10.7. The van der Waals surface area contributed by atoms with Gasteiger partial charge in [0.2, 0.25) is 0 Å². The molecule has 0 spiro atoms. The number of aryl methyl sites for hydroxylation is 4. The zero-order chi connectivity index (χ0) is 13.8. The van der Waals surface area contributed by atoms with Crippen LogP contribution in [0.5, 0.6) is 0 Å². The lowest BCUT2D eigenvalue weighted by Crippen LogP contribution is -1.93. The maximum absolute atomic E-state index is 6.19. The number of rotatable bonds is 4. The Morgan fingerprint density at radius 2 is 1.58 bits per heavy atom. The van der Waals surface area contributed by atoms with E-state index in [0.29, 0.717) is 0 Å². The first-order valence-electron chi connectivity index (χ1n) is 6.56. The average molecular weight is 338 g/mol. The Morgan fingerprint density at radius 3 is 2.21 bits per heavy atom. The third kappa shape index (κ3) is 4.09.